The molecule has 0 saturated heterocycles. The number of carbonyl (C=O) groups excluding carboxylic acids is 2. The van der Waals surface area contributed by atoms with Crippen LogP contribution in [0.25, 0.3) is 0 Å². The molecule has 1 atom stereocenters. The summed E-state index contributed by atoms with van der Waals surface area (Å²) in [5.74, 6) is -0.846. The number of hydrogen-bond donors (Lipinski definition) is 0. The third kappa shape index (κ3) is 4.47. The monoisotopic (exact) mass is 314 g/mol. The Morgan fingerprint density at radius 2 is 1.36 bits per heavy atom. The number of methoxy groups -OCH3 is 2. The van der Waals surface area contributed by atoms with Gasteiger partial charge in [0.25, 0.3) is 0 Å². The van der Waals surface area contributed by atoms with Gasteiger partial charge in [0.15, 0.2) is 5.41 Å². The molecule has 0 aromatic carbocycles. The second-order valence-corrected chi connectivity index (χ2v) is 6.93. The Kier molecular flexibility index (Phi) is 8.72. The standard InChI is InChI=1S/C18H34O4/c1-8-9-10-11-12-13-14(2)17(3,4)18(5,15(19)21-6)16(20)22-7/h14H,8-13H2,1-7H3. The first kappa shape index (κ1) is 20.9. The van der Waals surface area contributed by atoms with Crippen LogP contribution in [0, 0.1) is 16.7 Å². The van der Waals surface area contributed by atoms with Crippen LogP contribution in [0.15, 0.2) is 0 Å². The number of unbranched alkanes of at least 4 members (excludes halogenated alkanes) is 4. The zero-order valence-corrected chi connectivity index (χ0v) is 15.5. The summed E-state index contributed by atoms with van der Waals surface area (Å²) in [5.41, 5.74) is -1.84. The summed E-state index contributed by atoms with van der Waals surface area (Å²) in [6.07, 6.45) is 7.03. The van der Waals surface area contributed by atoms with E-state index in [1.54, 1.807) is 6.92 Å². The molecule has 0 aromatic rings. The smallest absolute Gasteiger partial charge is 0.323 e. The van der Waals surface area contributed by atoms with Gasteiger partial charge in [0.1, 0.15) is 0 Å². The Labute approximate surface area is 135 Å². The van der Waals surface area contributed by atoms with Crippen molar-refractivity contribution >= 4 is 11.9 Å². The fraction of sp³-hybridized carbons (Fsp3) is 0.889. The summed E-state index contributed by atoms with van der Waals surface area (Å²) >= 11 is 0. The van der Waals surface area contributed by atoms with E-state index in [-0.39, 0.29) is 5.92 Å². The van der Waals surface area contributed by atoms with Gasteiger partial charge in [0.2, 0.25) is 0 Å². The SMILES string of the molecule is CCCCCCCC(C)C(C)(C)C(C)(C(=O)OC)C(=O)OC. The lowest BCUT2D eigenvalue weighted by Crippen LogP contribution is -2.52. The van der Waals surface area contributed by atoms with E-state index in [2.05, 4.69) is 13.8 Å². The first-order valence-electron chi connectivity index (χ1n) is 8.36. The molecule has 0 spiro atoms. The van der Waals surface area contributed by atoms with Crippen LogP contribution in [0.2, 0.25) is 0 Å². The first-order chi connectivity index (χ1) is 10.2. The zero-order valence-electron chi connectivity index (χ0n) is 15.5. The molecule has 22 heavy (non-hydrogen) atoms. The van der Waals surface area contributed by atoms with Gasteiger partial charge in [-0.3, -0.25) is 9.59 Å². The van der Waals surface area contributed by atoms with Crippen molar-refractivity contribution < 1.29 is 19.1 Å². The summed E-state index contributed by atoms with van der Waals surface area (Å²) in [6.45, 7) is 9.85. The maximum atomic E-state index is 12.3. The average Bonchev–Trinajstić information content (AvgIpc) is 2.51. The summed E-state index contributed by atoms with van der Waals surface area (Å²) < 4.78 is 9.79. The van der Waals surface area contributed by atoms with Gasteiger partial charge < -0.3 is 9.47 Å². The summed E-state index contributed by atoms with van der Waals surface area (Å²) in [4.78, 5) is 24.6. The van der Waals surface area contributed by atoms with Crippen molar-refractivity contribution in [2.75, 3.05) is 14.2 Å². The van der Waals surface area contributed by atoms with E-state index in [1.165, 1.54) is 39.9 Å². The molecule has 0 amide bonds. The van der Waals surface area contributed by atoms with Crippen LogP contribution in [0.4, 0.5) is 0 Å². The van der Waals surface area contributed by atoms with Gasteiger partial charge in [-0.05, 0) is 18.3 Å². The molecule has 0 aliphatic carbocycles. The summed E-state index contributed by atoms with van der Waals surface area (Å²) in [5, 5.41) is 0. The van der Waals surface area contributed by atoms with Crippen LogP contribution in [0.1, 0.15) is 73.1 Å². The van der Waals surface area contributed by atoms with Crippen molar-refractivity contribution in [1.29, 1.82) is 0 Å². The molecule has 130 valence electrons. The Hall–Kier alpha value is -1.06. The van der Waals surface area contributed by atoms with E-state index >= 15 is 0 Å². The van der Waals surface area contributed by atoms with Crippen molar-refractivity contribution in [3.05, 3.63) is 0 Å². The Balaban J connectivity index is 5.02. The highest BCUT2D eigenvalue weighted by atomic mass is 16.5. The minimum atomic E-state index is -1.29. The molecule has 0 aromatic heterocycles. The molecule has 0 fully saturated rings. The number of esters is 2. The molecule has 0 saturated carbocycles. The quantitative estimate of drug-likeness (QED) is 0.341. The molecular weight excluding hydrogens is 280 g/mol. The maximum Gasteiger partial charge on any atom is 0.323 e. The fourth-order valence-electron chi connectivity index (χ4n) is 2.93. The van der Waals surface area contributed by atoms with Gasteiger partial charge >= 0.3 is 11.9 Å². The molecule has 4 heteroatoms. The van der Waals surface area contributed by atoms with Crippen molar-refractivity contribution in [1.82, 2.24) is 0 Å². The largest absolute Gasteiger partial charge is 0.468 e. The van der Waals surface area contributed by atoms with Crippen molar-refractivity contribution in [2.45, 2.75) is 73.1 Å². The number of ether oxygens (including phenoxy) is 2. The molecule has 4 nitrogen and oxygen atoms in total. The predicted molar refractivity (Wildman–Crippen MR) is 88.5 cm³/mol. The van der Waals surface area contributed by atoms with Gasteiger partial charge in [-0.2, -0.15) is 0 Å². The van der Waals surface area contributed by atoms with Gasteiger partial charge in [-0.1, -0.05) is 66.2 Å². The Bertz CT molecular complexity index is 344. The normalized spacial score (nSPS) is 13.6. The average molecular weight is 314 g/mol. The van der Waals surface area contributed by atoms with Crippen molar-refractivity contribution in [3.63, 3.8) is 0 Å². The minimum absolute atomic E-state index is 0.206. The number of carbonyl (C=O) groups is 2. The van der Waals surface area contributed by atoms with Crippen LogP contribution in [-0.4, -0.2) is 26.2 Å². The second kappa shape index (κ2) is 9.16. The fourth-order valence-corrected chi connectivity index (χ4v) is 2.93. The van der Waals surface area contributed by atoms with Gasteiger partial charge in [-0.15, -0.1) is 0 Å². The molecule has 1 unspecified atom stereocenters. The van der Waals surface area contributed by atoms with Crippen molar-refractivity contribution in [2.24, 2.45) is 16.7 Å². The van der Waals surface area contributed by atoms with Gasteiger partial charge in [-0.25, -0.2) is 0 Å². The van der Waals surface area contributed by atoms with Crippen LogP contribution in [0.5, 0.6) is 0 Å². The van der Waals surface area contributed by atoms with Crippen LogP contribution in [0.3, 0.4) is 0 Å². The minimum Gasteiger partial charge on any atom is -0.468 e. The van der Waals surface area contributed by atoms with Crippen LogP contribution < -0.4 is 0 Å². The number of hydrogen-bond acceptors (Lipinski definition) is 4. The molecule has 0 N–H and O–H groups in total. The lowest BCUT2D eigenvalue weighted by Gasteiger charge is -2.43. The van der Waals surface area contributed by atoms with Crippen molar-refractivity contribution in [3.8, 4) is 0 Å². The second-order valence-electron chi connectivity index (χ2n) is 6.93. The summed E-state index contributed by atoms with van der Waals surface area (Å²) in [6, 6.07) is 0. The van der Waals surface area contributed by atoms with E-state index in [4.69, 9.17) is 9.47 Å². The van der Waals surface area contributed by atoms with E-state index in [9.17, 15) is 9.59 Å². The van der Waals surface area contributed by atoms with E-state index in [0.29, 0.717) is 0 Å². The topological polar surface area (TPSA) is 52.6 Å². The van der Waals surface area contributed by atoms with E-state index in [1.807, 2.05) is 13.8 Å². The molecule has 0 bridgehead atoms. The van der Waals surface area contributed by atoms with Crippen LogP contribution >= 0.6 is 0 Å². The van der Waals surface area contributed by atoms with E-state index < -0.39 is 22.8 Å². The highest BCUT2D eigenvalue weighted by Gasteiger charge is 2.57. The number of rotatable bonds is 10. The maximum absolute atomic E-state index is 12.3. The van der Waals surface area contributed by atoms with Gasteiger partial charge in [0.05, 0.1) is 14.2 Å². The summed E-state index contributed by atoms with van der Waals surface area (Å²) in [7, 11) is 2.63. The Morgan fingerprint density at radius 1 is 0.909 bits per heavy atom. The Morgan fingerprint density at radius 3 is 1.77 bits per heavy atom. The predicted octanol–water partition coefficient (Wildman–Crippen LogP) is 4.36. The lowest BCUT2D eigenvalue weighted by atomic mass is 9.59. The van der Waals surface area contributed by atoms with Crippen LogP contribution in [-0.2, 0) is 19.1 Å². The van der Waals surface area contributed by atoms with Gasteiger partial charge in [0, 0.05) is 0 Å². The highest BCUT2D eigenvalue weighted by Crippen LogP contribution is 2.48. The van der Waals surface area contributed by atoms with E-state index in [0.717, 1.165) is 12.8 Å². The molecule has 0 aliphatic heterocycles. The zero-order chi connectivity index (χ0) is 17.4. The highest BCUT2D eigenvalue weighted by molar-refractivity contribution is 6.00. The lowest BCUT2D eigenvalue weighted by molar-refractivity contribution is -0.180. The first-order valence-corrected chi connectivity index (χ1v) is 8.36. The molecule has 0 aliphatic rings. The molecule has 0 heterocycles. The molecular formula is C18H34O4. The third-order valence-corrected chi connectivity index (χ3v) is 5.45. The molecule has 0 rings (SSSR count). The molecule has 0 radical (unpaired) electrons. The third-order valence-electron chi connectivity index (χ3n) is 5.45.